The highest BCUT2D eigenvalue weighted by molar-refractivity contribution is 6.34. The monoisotopic (exact) mass is 317 g/mol. The molecule has 0 unspecified atom stereocenters. The lowest BCUT2D eigenvalue weighted by Crippen LogP contribution is -2.46. The standard InChI is InChI=1S/C18H27N3O2/c1-13-4-9-16(21(12-13)18(23)17(19)22)15-7-5-14(6-8-15)10-11-20(2)3/h5-8,13,16H,4,9-12H2,1-3H3,(H2,19,22)/t13-,16+/m0/s1. The number of likely N-dealkylation sites (N-methyl/N-ethyl adjacent to an activating group) is 1. The lowest BCUT2D eigenvalue weighted by molar-refractivity contribution is -0.147. The van der Waals surface area contributed by atoms with Crippen LogP contribution < -0.4 is 5.73 Å². The topological polar surface area (TPSA) is 66.6 Å². The van der Waals surface area contributed by atoms with E-state index in [0.29, 0.717) is 12.5 Å². The Morgan fingerprint density at radius 2 is 1.87 bits per heavy atom. The number of benzene rings is 1. The fraction of sp³-hybridized carbons (Fsp3) is 0.556. The normalized spacial score (nSPS) is 21.5. The predicted molar refractivity (Wildman–Crippen MR) is 90.7 cm³/mol. The molecule has 0 aliphatic carbocycles. The molecule has 0 spiro atoms. The van der Waals surface area contributed by atoms with Gasteiger partial charge in [0.25, 0.3) is 0 Å². The second kappa shape index (κ2) is 7.59. The number of amides is 2. The van der Waals surface area contributed by atoms with E-state index in [0.717, 1.165) is 31.4 Å². The number of hydrogen-bond acceptors (Lipinski definition) is 3. The molecule has 2 N–H and O–H groups in total. The maximum absolute atomic E-state index is 12.1. The molecule has 1 aromatic carbocycles. The molecule has 0 bridgehead atoms. The van der Waals surface area contributed by atoms with Crippen molar-refractivity contribution in [3.05, 3.63) is 35.4 Å². The van der Waals surface area contributed by atoms with Crippen LogP contribution in [0.2, 0.25) is 0 Å². The van der Waals surface area contributed by atoms with Crippen molar-refractivity contribution in [1.29, 1.82) is 0 Å². The van der Waals surface area contributed by atoms with E-state index in [1.165, 1.54) is 5.56 Å². The predicted octanol–water partition coefficient (Wildman–Crippen LogP) is 1.58. The minimum atomic E-state index is -0.869. The molecule has 1 aliphatic rings. The molecule has 126 valence electrons. The van der Waals surface area contributed by atoms with E-state index in [4.69, 9.17) is 5.73 Å². The smallest absolute Gasteiger partial charge is 0.312 e. The van der Waals surface area contributed by atoms with Crippen LogP contribution in [-0.4, -0.2) is 48.8 Å². The lowest BCUT2D eigenvalue weighted by Gasteiger charge is -2.38. The van der Waals surface area contributed by atoms with Crippen LogP contribution >= 0.6 is 0 Å². The van der Waals surface area contributed by atoms with Gasteiger partial charge in [-0.05, 0) is 50.4 Å². The van der Waals surface area contributed by atoms with Crippen molar-refractivity contribution < 1.29 is 9.59 Å². The van der Waals surface area contributed by atoms with Crippen LogP contribution in [0.4, 0.5) is 0 Å². The molecule has 0 aromatic heterocycles. The molecule has 1 heterocycles. The number of hydrogen-bond donors (Lipinski definition) is 1. The summed E-state index contributed by atoms with van der Waals surface area (Å²) in [5, 5.41) is 0. The largest absolute Gasteiger partial charge is 0.361 e. The molecule has 5 heteroatoms. The zero-order chi connectivity index (χ0) is 17.0. The molecule has 0 saturated carbocycles. The fourth-order valence-electron chi connectivity index (χ4n) is 3.12. The van der Waals surface area contributed by atoms with Crippen molar-refractivity contribution in [3.8, 4) is 0 Å². The highest BCUT2D eigenvalue weighted by Gasteiger charge is 2.33. The van der Waals surface area contributed by atoms with E-state index in [-0.39, 0.29) is 6.04 Å². The zero-order valence-corrected chi connectivity index (χ0v) is 14.3. The Bertz CT molecular complexity index is 554. The minimum Gasteiger partial charge on any atom is -0.361 e. The van der Waals surface area contributed by atoms with Crippen molar-refractivity contribution in [1.82, 2.24) is 9.80 Å². The number of rotatable bonds is 4. The van der Waals surface area contributed by atoms with Gasteiger partial charge in [-0.1, -0.05) is 31.2 Å². The summed E-state index contributed by atoms with van der Waals surface area (Å²) in [7, 11) is 4.12. The number of carbonyl (C=O) groups is 2. The van der Waals surface area contributed by atoms with Crippen molar-refractivity contribution in [2.75, 3.05) is 27.2 Å². The number of likely N-dealkylation sites (tertiary alicyclic amines) is 1. The Balaban J connectivity index is 2.14. The number of primary amides is 1. The average Bonchev–Trinajstić information content (AvgIpc) is 2.52. The molecule has 0 radical (unpaired) electrons. The Labute approximate surface area is 138 Å². The summed E-state index contributed by atoms with van der Waals surface area (Å²) in [5.74, 6) is -1.04. The van der Waals surface area contributed by atoms with Gasteiger partial charge in [0, 0.05) is 13.1 Å². The number of carbonyl (C=O) groups excluding carboxylic acids is 2. The van der Waals surface area contributed by atoms with Crippen LogP contribution in [0.25, 0.3) is 0 Å². The maximum Gasteiger partial charge on any atom is 0.312 e. The van der Waals surface area contributed by atoms with Gasteiger partial charge in [-0.3, -0.25) is 9.59 Å². The van der Waals surface area contributed by atoms with Crippen LogP contribution in [0.15, 0.2) is 24.3 Å². The molecule has 2 rings (SSSR count). The Hall–Kier alpha value is -1.88. The molecule has 1 saturated heterocycles. The van der Waals surface area contributed by atoms with E-state index < -0.39 is 11.8 Å². The molecule has 1 aromatic rings. The van der Waals surface area contributed by atoms with E-state index in [1.54, 1.807) is 4.90 Å². The first-order valence-electron chi connectivity index (χ1n) is 8.22. The quantitative estimate of drug-likeness (QED) is 0.857. The van der Waals surface area contributed by atoms with Crippen molar-refractivity contribution in [2.24, 2.45) is 11.7 Å². The molecule has 1 fully saturated rings. The summed E-state index contributed by atoms with van der Waals surface area (Å²) in [6.07, 6.45) is 2.92. The second-order valence-corrected chi connectivity index (χ2v) is 6.81. The van der Waals surface area contributed by atoms with Crippen molar-refractivity contribution in [3.63, 3.8) is 0 Å². The van der Waals surface area contributed by atoms with E-state index in [2.05, 4.69) is 50.2 Å². The van der Waals surface area contributed by atoms with Gasteiger partial charge in [-0.25, -0.2) is 0 Å². The first-order chi connectivity index (χ1) is 10.9. The number of piperidine rings is 1. The van der Waals surface area contributed by atoms with Crippen LogP contribution in [0.5, 0.6) is 0 Å². The molecule has 1 aliphatic heterocycles. The van der Waals surface area contributed by atoms with Gasteiger partial charge < -0.3 is 15.5 Å². The molecular weight excluding hydrogens is 290 g/mol. The van der Waals surface area contributed by atoms with Gasteiger partial charge in [-0.15, -0.1) is 0 Å². The maximum atomic E-state index is 12.1. The third-order valence-electron chi connectivity index (χ3n) is 4.50. The Morgan fingerprint density at radius 3 is 2.43 bits per heavy atom. The molecule has 23 heavy (non-hydrogen) atoms. The summed E-state index contributed by atoms with van der Waals surface area (Å²) in [6.45, 7) is 3.70. The SMILES string of the molecule is C[C@H]1CC[C@H](c2ccc(CCN(C)C)cc2)N(C(=O)C(N)=O)C1. The number of nitrogens with two attached hydrogens (primary N) is 1. The summed E-state index contributed by atoms with van der Waals surface area (Å²) in [6, 6.07) is 8.34. The second-order valence-electron chi connectivity index (χ2n) is 6.81. The fourth-order valence-corrected chi connectivity index (χ4v) is 3.12. The molecule has 5 nitrogen and oxygen atoms in total. The third kappa shape index (κ3) is 4.55. The van der Waals surface area contributed by atoms with E-state index in [9.17, 15) is 9.59 Å². The molecule has 2 amide bonds. The summed E-state index contributed by atoms with van der Waals surface area (Å²) in [5.41, 5.74) is 7.57. The van der Waals surface area contributed by atoms with E-state index in [1.807, 2.05) is 0 Å². The van der Waals surface area contributed by atoms with Crippen LogP contribution in [-0.2, 0) is 16.0 Å². The van der Waals surface area contributed by atoms with Crippen molar-refractivity contribution >= 4 is 11.8 Å². The summed E-state index contributed by atoms with van der Waals surface area (Å²) in [4.78, 5) is 27.2. The minimum absolute atomic E-state index is 0.0471. The molecule has 2 atom stereocenters. The van der Waals surface area contributed by atoms with Gasteiger partial charge in [-0.2, -0.15) is 0 Å². The van der Waals surface area contributed by atoms with Crippen molar-refractivity contribution in [2.45, 2.75) is 32.2 Å². The van der Waals surface area contributed by atoms with Gasteiger partial charge in [0.15, 0.2) is 0 Å². The first kappa shape index (κ1) is 17.5. The van der Waals surface area contributed by atoms with Gasteiger partial charge in [0.2, 0.25) is 0 Å². The highest BCUT2D eigenvalue weighted by atomic mass is 16.2. The number of nitrogens with zero attached hydrogens (tertiary/aromatic N) is 2. The van der Waals surface area contributed by atoms with E-state index >= 15 is 0 Å². The summed E-state index contributed by atoms with van der Waals surface area (Å²) >= 11 is 0. The highest BCUT2D eigenvalue weighted by Crippen LogP contribution is 2.33. The molecular formula is C18H27N3O2. The first-order valence-corrected chi connectivity index (χ1v) is 8.22. The Morgan fingerprint density at radius 1 is 1.22 bits per heavy atom. The average molecular weight is 317 g/mol. The Kier molecular flexibility index (Phi) is 5.77. The zero-order valence-electron chi connectivity index (χ0n) is 14.3. The lowest BCUT2D eigenvalue weighted by atomic mass is 9.89. The summed E-state index contributed by atoms with van der Waals surface area (Å²) < 4.78 is 0. The van der Waals surface area contributed by atoms with Gasteiger partial charge >= 0.3 is 11.8 Å². The van der Waals surface area contributed by atoms with Gasteiger partial charge in [0.1, 0.15) is 0 Å². The van der Waals surface area contributed by atoms with Crippen LogP contribution in [0.1, 0.15) is 36.9 Å². The van der Waals surface area contributed by atoms with Gasteiger partial charge in [0.05, 0.1) is 6.04 Å². The van der Waals surface area contributed by atoms with Crippen LogP contribution in [0.3, 0.4) is 0 Å². The third-order valence-corrected chi connectivity index (χ3v) is 4.50. The van der Waals surface area contributed by atoms with Crippen LogP contribution in [0, 0.1) is 5.92 Å².